The lowest BCUT2D eigenvalue weighted by Gasteiger charge is -2.05. The number of carbonyl (C=O) groups excluding carboxylic acids is 1. The fourth-order valence-corrected chi connectivity index (χ4v) is 1.55. The minimum atomic E-state index is -0.499. The number of amides is 1. The molecule has 1 aromatic heterocycles. The second kappa shape index (κ2) is 5.35. The first kappa shape index (κ1) is 12.2. The molecule has 2 rings (SSSR count). The van der Waals surface area contributed by atoms with E-state index in [1.165, 1.54) is 0 Å². The van der Waals surface area contributed by atoms with Crippen LogP contribution in [0.2, 0.25) is 0 Å². The zero-order chi connectivity index (χ0) is 13.0. The monoisotopic (exact) mass is 246 g/mol. The standard InChI is InChI=1S/C13H14N2O3/c1-9-12(10(2)18-15-9)8-14-13(16)17-11-6-4-3-5-7-11/h3-7H,8H2,1-2H3,(H,14,16). The van der Waals surface area contributed by atoms with Gasteiger partial charge in [0.1, 0.15) is 11.5 Å². The lowest BCUT2D eigenvalue weighted by atomic mass is 10.2. The van der Waals surface area contributed by atoms with Crippen molar-refractivity contribution in [3.63, 3.8) is 0 Å². The Kier molecular flexibility index (Phi) is 3.62. The van der Waals surface area contributed by atoms with Gasteiger partial charge in [0.25, 0.3) is 0 Å². The van der Waals surface area contributed by atoms with E-state index >= 15 is 0 Å². The predicted molar refractivity (Wildman–Crippen MR) is 65.3 cm³/mol. The second-order valence-electron chi connectivity index (χ2n) is 3.86. The van der Waals surface area contributed by atoms with Gasteiger partial charge in [0.2, 0.25) is 0 Å². The molecule has 1 N–H and O–H groups in total. The molecule has 0 spiro atoms. The topological polar surface area (TPSA) is 64.4 Å². The lowest BCUT2D eigenvalue weighted by Crippen LogP contribution is -2.26. The number of benzene rings is 1. The van der Waals surface area contributed by atoms with Crippen molar-refractivity contribution in [2.24, 2.45) is 0 Å². The maximum atomic E-state index is 11.5. The minimum Gasteiger partial charge on any atom is -0.410 e. The zero-order valence-electron chi connectivity index (χ0n) is 10.3. The molecular formula is C13H14N2O3. The van der Waals surface area contributed by atoms with E-state index in [4.69, 9.17) is 9.26 Å². The molecule has 0 saturated carbocycles. The molecule has 0 aliphatic rings. The molecular weight excluding hydrogens is 232 g/mol. The van der Waals surface area contributed by atoms with Crippen molar-refractivity contribution in [1.82, 2.24) is 10.5 Å². The first-order valence-electron chi connectivity index (χ1n) is 5.59. The Balaban J connectivity index is 1.89. The van der Waals surface area contributed by atoms with E-state index in [-0.39, 0.29) is 0 Å². The van der Waals surface area contributed by atoms with Crippen LogP contribution in [-0.2, 0) is 6.54 Å². The number of ether oxygens (including phenoxy) is 1. The number of nitrogens with zero attached hydrogens (tertiary/aromatic N) is 1. The number of nitrogens with one attached hydrogen (secondary N) is 1. The van der Waals surface area contributed by atoms with Crippen molar-refractivity contribution in [2.75, 3.05) is 0 Å². The van der Waals surface area contributed by atoms with Crippen LogP contribution in [0.5, 0.6) is 5.75 Å². The largest absolute Gasteiger partial charge is 0.412 e. The summed E-state index contributed by atoms with van der Waals surface area (Å²) in [6.45, 7) is 3.97. The molecule has 0 bridgehead atoms. The highest BCUT2D eigenvalue weighted by atomic mass is 16.6. The molecule has 5 heteroatoms. The summed E-state index contributed by atoms with van der Waals surface area (Å²) in [5.41, 5.74) is 1.65. The Morgan fingerprint density at radius 3 is 2.67 bits per heavy atom. The van der Waals surface area contributed by atoms with Crippen LogP contribution >= 0.6 is 0 Å². The molecule has 0 fully saturated rings. The molecule has 94 valence electrons. The number of hydrogen-bond donors (Lipinski definition) is 1. The molecule has 1 amide bonds. The van der Waals surface area contributed by atoms with E-state index in [1.54, 1.807) is 31.2 Å². The zero-order valence-corrected chi connectivity index (χ0v) is 10.3. The fourth-order valence-electron chi connectivity index (χ4n) is 1.55. The third kappa shape index (κ3) is 2.88. The predicted octanol–water partition coefficient (Wildman–Crippen LogP) is 2.58. The lowest BCUT2D eigenvalue weighted by molar-refractivity contribution is 0.200. The van der Waals surface area contributed by atoms with Gasteiger partial charge in [0.15, 0.2) is 0 Å². The van der Waals surface area contributed by atoms with Crippen molar-refractivity contribution in [1.29, 1.82) is 0 Å². The average molecular weight is 246 g/mol. The highest BCUT2D eigenvalue weighted by Gasteiger charge is 2.11. The molecule has 0 atom stereocenters. The number of aromatic nitrogens is 1. The van der Waals surface area contributed by atoms with Crippen LogP contribution in [0.25, 0.3) is 0 Å². The van der Waals surface area contributed by atoms with Crippen LogP contribution in [0, 0.1) is 13.8 Å². The van der Waals surface area contributed by atoms with E-state index in [9.17, 15) is 4.79 Å². The van der Waals surface area contributed by atoms with Gasteiger partial charge in [0.05, 0.1) is 12.2 Å². The summed E-state index contributed by atoms with van der Waals surface area (Å²) < 4.78 is 10.1. The Labute approximate surface area is 105 Å². The Hall–Kier alpha value is -2.30. The van der Waals surface area contributed by atoms with Crippen LogP contribution in [0.15, 0.2) is 34.9 Å². The molecule has 0 unspecified atom stereocenters. The summed E-state index contributed by atoms with van der Waals surface area (Å²) in [5.74, 6) is 1.21. The van der Waals surface area contributed by atoms with Crippen molar-refractivity contribution in [3.8, 4) is 5.75 Å². The van der Waals surface area contributed by atoms with E-state index in [0.717, 1.165) is 11.3 Å². The average Bonchev–Trinajstić information content (AvgIpc) is 2.68. The molecule has 5 nitrogen and oxygen atoms in total. The molecule has 1 heterocycles. The molecule has 2 aromatic rings. The Bertz CT molecular complexity index is 515. The van der Waals surface area contributed by atoms with E-state index in [1.807, 2.05) is 13.0 Å². The van der Waals surface area contributed by atoms with E-state index < -0.39 is 6.09 Å². The van der Waals surface area contributed by atoms with Crippen molar-refractivity contribution >= 4 is 6.09 Å². The van der Waals surface area contributed by atoms with Gasteiger partial charge < -0.3 is 14.6 Å². The van der Waals surface area contributed by atoms with E-state index in [2.05, 4.69) is 10.5 Å². The molecule has 0 radical (unpaired) electrons. The highest BCUT2D eigenvalue weighted by Crippen LogP contribution is 2.12. The molecule has 0 aliphatic carbocycles. The Morgan fingerprint density at radius 2 is 2.06 bits per heavy atom. The molecule has 18 heavy (non-hydrogen) atoms. The summed E-state index contributed by atoms with van der Waals surface area (Å²) >= 11 is 0. The number of hydrogen-bond acceptors (Lipinski definition) is 4. The maximum Gasteiger partial charge on any atom is 0.412 e. The van der Waals surface area contributed by atoms with Crippen molar-refractivity contribution in [3.05, 3.63) is 47.3 Å². The first-order chi connectivity index (χ1) is 8.66. The summed E-state index contributed by atoms with van der Waals surface area (Å²) in [7, 11) is 0. The summed E-state index contributed by atoms with van der Waals surface area (Å²) in [5, 5.41) is 6.47. The quantitative estimate of drug-likeness (QED) is 0.904. The summed E-state index contributed by atoms with van der Waals surface area (Å²) in [6.07, 6.45) is -0.499. The van der Waals surface area contributed by atoms with Crippen LogP contribution < -0.4 is 10.1 Å². The summed E-state index contributed by atoms with van der Waals surface area (Å²) in [6, 6.07) is 8.90. The first-order valence-corrected chi connectivity index (χ1v) is 5.59. The van der Waals surface area contributed by atoms with Gasteiger partial charge in [-0.1, -0.05) is 23.4 Å². The van der Waals surface area contributed by atoms with Crippen molar-refractivity contribution < 1.29 is 14.1 Å². The van der Waals surface area contributed by atoms with Gasteiger partial charge in [-0.05, 0) is 26.0 Å². The van der Waals surface area contributed by atoms with Gasteiger partial charge in [-0.15, -0.1) is 0 Å². The Morgan fingerprint density at radius 1 is 1.33 bits per heavy atom. The third-order valence-electron chi connectivity index (χ3n) is 2.54. The third-order valence-corrected chi connectivity index (χ3v) is 2.54. The van der Waals surface area contributed by atoms with Gasteiger partial charge in [0, 0.05) is 5.56 Å². The van der Waals surface area contributed by atoms with Crippen LogP contribution in [0.4, 0.5) is 4.79 Å². The fraction of sp³-hybridized carbons (Fsp3) is 0.231. The number of para-hydroxylation sites is 1. The normalized spacial score (nSPS) is 10.1. The smallest absolute Gasteiger partial charge is 0.410 e. The molecule has 1 aromatic carbocycles. The SMILES string of the molecule is Cc1noc(C)c1CNC(=O)Oc1ccccc1. The van der Waals surface area contributed by atoms with Crippen molar-refractivity contribution in [2.45, 2.75) is 20.4 Å². The van der Waals surface area contributed by atoms with Crippen LogP contribution in [-0.4, -0.2) is 11.2 Å². The minimum absolute atomic E-state index is 0.340. The summed E-state index contributed by atoms with van der Waals surface area (Å²) in [4.78, 5) is 11.5. The second-order valence-corrected chi connectivity index (χ2v) is 3.86. The molecule has 0 saturated heterocycles. The number of aryl methyl sites for hydroxylation is 2. The van der Waals surface area contributed by atoms with E-state index in [0.29, 0.717) is 18.1 Å². The number of carbonyl (C=O) groups is 1. The molecule has 0 aliphatic heterocycles. The van der Waals surface area contributed by atoms with Crippen LogP contribution in [0.3, 0.4) is 0 Å². The van der Waals surface area contributed by atoms with Crippen LogP contribution in [0.1, 0.15) is 17.0 Å². The van der Waals surface area contributed by atoms with Gasteiger partial charge in [-0.2, -0.15) is 0 Å². The van der Waals surface area contributed by atoms with Gasteiger partial charge in [-0.3, -0.25) is 0 Å². The number of rotatable bonds is 3. The highest BCUT2D eigenvalue weighted by molar-refractivity contribution is 5.70. The maximum absolute atomic E-state index is 11.5. The van der Waals surface area contributed by atoms with Gasteiger partial charge in [-0.25, -0.2) is 4.79 Å². The van der Waals surface area contributed by atoms with Gasteiger partial charge >= 0.3 is 6.09 Å².